The average molecular weight is 427 g/mol. The van der Waals surface area contributed by atoms with E-state index in [9.17, 15) is 0 Å². The SMILES string of the molecule is CC1CN2CCN(c3ccccc3)CC2C[C@@]1(C)c1cccc(OCc2ccccc2)c1. The second-order valence-electron chi connectivity index (χ2n) is 9.76. The van der Waals surface area contributed by atoms with E-state index in [0.29, 0.717) is 18.6 Å². The highest BCUT2D eigenvalue weighted by Gasteiger charge is 2.44. The molecule has 166 valence electrons. The van der Waals surface area contributed by atoms with Crippen LogP contribution in [-0.4, -0.2) is 37.1 Å². The zero-order chi connectivity index (χ0) is 22.0. The Kier molecular flexibility index (Phi) is 5.93. The maximum atomic E-state index is 6.17. The monoisotopic (exact) mass is 426 g/mol. The third-order valence-corrected chi connectivity index (χ3v) is 7.72. The van der Waals surface area contributed by atoms with Crippen molar-refractivity contribution in [2.45, 2.75) is 38.3 Å². The molecule has 2 heterocycles. The van der Waals surface area contributed by atoms with E-state index >= 15 is 0 Å². The van der Waals surface area contributed by atoms with Crippen molar-refractivity contribution in [1.82, 2.24) is 4.90 Å². The normalized spacial score (nSPS) is 25.9. The largest absolute Gasteiger partial charge is 0.489 e. The lowest BCUT2D eigenvalue weighted by molar-refractivity contribution is 0.0467. The van der Waals surface area contributed by atoms with E-state index in [0.717, 1.165) is 25.4 Å². The van der Waals surface area contributed by atoms with Crippen LogP contribution in [0, 0.1) is 5.92 Å². The van der Waals surface area contributed by atoms with Crippen molar-refractivity contribution in [3.63, 3.8) is 0 Å². The molecule has 0 saturated carbocycles. The van der Waals surface area contributed by atoms with Gasteiger partial charge in [-0.25, -0.2) is 0 Å². The number of hydrogen-bond acceptors (Lipinski definition) is 3. The molecule has 2 aliphatic rings. The second-order valence-corrected chi connectivity index (χ2v) is 9.76. The Morgan fingerprint density at radius 2 is 1.62 bits per heavy atom. The predicted molar refractivity (Wildman–Crippen MR) is 132 cm³/mol. The van der Waals surface area contributed by atoms with Gasteiger partial charge in [0.15, 0.2) is 0 Å². The molecule has 2 saturated heterocycles. The van der Waals surface area contributed by atoms with Gasteiger partial charge in [0.25, 0.3) is 0 Å². The van der Waals surface area contributed by atoms with E-state index < -0.39 is 0 Å². The standard InChI is InChI=1S/C29H34N2O/c1-23-20-30-16-17-31(26-13-7-4-8-14-26)21-27(30)19-29(23,2)25-12-9-15-28(18-25)32-22-24-10-5-3-6-11-24/h3-15,18,23,27H,16-17,19-22H2,1-2H3/t23?,27?,29-/m1/s1. The molecule has 32 heavy (non-hydrogen) atoms. The van der Waals surface area contributed by atoms with Crippen molar-refractivity contribution in [1.29, 1.82) is 0 Å². The molecule has 0 spiro atoms. The third kappa shape index (κ3) is 4.27. The number of ether oxygens (including phenoxy) is 1. The lowest BCUT2D eigenvalue weighted by Crippen LogP contribution is -2.61. The van der Waals surface area contributed by atoms with E-state index in [1.54, 1.807) is 0 Å². The van der Waals surface area contributed by atoms with Gasteiger partial charge >= 0.3 is 0 Å². The Morgan fingerprint density at radius 3 is 2.41 bits per heavy atom. The molecule has 0 bridgehead atoms. The van der Waals surface area contributed by atoms with Crippen LogP contribution in [0.3, 0.4) is 0 Å². The number of nitrogens with zero attached hydrogens (tertiary/aromatic N) is 2. The number of hydrogen-bond donors (Lipinski definition) is 0. The van der Waals surface area contributed by atoms with Crippen LogP contribution in [-0.2, 0) is 12.0 Å². The summed E-state index contributed by atoms with van der Waals surface area (Å²) in [5, 5.41) is 0. The molecule has 2 unspecified atom stereocenters. The van der Waals surface area contributed by atoms with E-state index in [1.165, 1.54) is 29.8 Å². The predicted octanol–water partition coefficient (Wildman–Crippen LogP) is 5.75. The van der Waals surface area contributed by atoms with Crippen molar-refractivity contribution >= 4 is 5.69 Å². The summed E-state index contributed by atoms with van der Waals surface area (Å²) in [7, 11) is 0. The number of fused-ring (bicyclic) bond motifs is 1. The Labute approximate surface area is 192 Å². The van der Waals surface area contributed by atoms with Crippen LogP contribution in [0.2, 0.25) is 0 Å². The second kappa shape index (κ2) is 8.99. The van der Waals surface area contributed by atoms with Gasteiger partial charge in [0.1, 0.15) is 12.4 Å². The fourth-order valence-electron chi connectivity index (χ4n) is 5.53. The number of piperazine rings is 1. The summed E-state index contributed by atoms with van der Waals surface area (Å²) in [4.78, 5) is 5.29. The van der Waals surface area contributed by atoms with Gasteiger partial charge in [-0.1, -0.05) is 74.5 Å². The van der Waals surface area contributed by atoms with Crippen molar-refractivity contribution in [2.24, 2.45) is 5.92 Å². The smallest absolute Gasteiger partial charge is 0.120 e. The zero-order valence-corrected chi connectivity index (χ0v) is 19.3. The number of benzene rings is 3. The number of anilines is 1. The lowest BCUT2D eigenvalue weighted by Gasteiger charge is -2.53. The molecule has 0 aromatic heterocycles. The van der Waals surface area contributed by atoms with Crippen LogP contribution in [0.1, 0.15) is 31.4 Å². The van der Waals surface area contributed by atoms with Crippen molar-refractivity contribution < 1.29 is 4.74 Å². The van der Waals surface area contributed by atoms with Gasteiger partial charge in [0, 0.05) is 37.9 Å². The minimum absolute atomic E-state index is 0.146. The summed E-state index contributed by atoms with van der Waals surface area (Å²) in [6.07, 6.45) is 1.18. The Bertz CT molecular complexity index is 1020. The van der Waals surface area contributed by atoms with Gasteiger partial charge in [0.05, 0.1) is 0 Å². The molecule has 3 nitrogen and oxygen atoms in total. The molecule has 0 N–H and O–H groups in total. The molecule has 2 aliphatic heterocycles. The molecule has 0 amide bonds. The van der Waals surface area contributed by atoms with E-state index in [4.69, 9.17) is 4.74 Å². The first-order valence-corrected chi connectivity index (χ1v) is 11.9. The van der Waals surface area contributed by atoms with Crippen LogP contribution >= 0.6 is 0 Å². The first kappa shape index (κ1) is 21.1. The van der Waals surface area contributed by atoms with E-state index in [1.807, 2.05) is 6.07 Å². The topological polar surface area (TPSA) is 15.7 Å². The quantitative estimate of drug-likeness (QED) is 0.516. The first-order valence-electron chi connectivity index (χ1n) is 11.9. The summed E-state index contributed by atoms with van der Waals surface area (Å²) >= 11 is 0. The van der Waals surface area contributed by atoms with Gasteiger partial charge in [-0.3, -0.25) is 4.90 Å². The van der Waals surface area contributed by atoms with Crippen LogP contribution in [0.15, 0.2) is 84.9 Å². The van der Waals surface area contributed by atoms with Crippen LogP contribution in [0.5, 0.6) is 5.75 Å². The highest BCUT2D eigenvalue weighted by Crippen LogP contribution is 2.43. The fourth-order valence-corrected chi connectivity index (χ4v) is 5.53. The summed E-state index contributed by atoms with van der Waals surface area (Å²) in [5.74, 6) is 1.57. The van der Waals surface area contributed by atoms with Crippen LogP contribution in [0.4, 0.5) is 5.69 Å². The number of para-hydroxylation sites is 1. The van der Waals surface area contributed by atoms with Crippen molar-refractivity contribution in [2.75, 3.05) is 31.1 Å². The first-order chi connectivity index (χ1) is 15.6. The zero-order valence-electron chi connectivity index (χ0n) is 19.3. The Morgan fingerprint density at radius 1 is 0.875 bits per heavy atom. The maximum Gasteiger partial charge on any atom is 0.120 e. The number of piperidine rings is 1. The van der Waals surface area contributed by atoms with Crippen molar-refractivity contribution in [3.8, 4) is 5.75 Å². The van der Waals surface area contributed by atoms with Gasteiger partial charge < -0.3 is 9.64 Å². The highest BCUT2D eigenvalue weighted by molar-refractivity contribution is 5.47. The van der Waals surface area contributed by atoms with Gasteiger partial charge in [-0.05, 0) is 53.1 Å². The van der Waals surface area contributed by atoms with Crippen molar-refractivity contribution in [3.05, 3.63) is 96.1 Å². The van der Waals surface area contributed by atoms with Crippen LogP contribution in [0.25, 0.3) is 0 Å². The van der Waals surface area contributed by atoms with Crippen LogP contribution < -0.4 is 9.64 Å². The summed E-state index contributed by atoms with van der Waals surface area (Å²) < 4.78 is 6.17. The highest BCUT2D eigenvalue weighted by atomic mass is 16.5. The lowest BCUT2D eigenvalue weighted by atomic mass is 9.65. The molecule has 5 rings (SSSR count). The van der Waals surface area contributed by atoms with E-state index in [2.05, 4.69) is 103 Å². The molecule has 3 atom stereocenters. The summed E-state index contributed by atoms with van der Waals surface area (Å²) in [5.41, 5.74) is 4.11. The number of rotatable bonds is 5. The molecule has 3 heteroatoms. The minimum Gasteiger partial charge on any atom is -0.489 e. The van der Waals surface area contributed by atoms with Gasteiger partial charge in [-0.15, -0.1) is 0 Å². The van der Waals surface area contributed by atoms with Gasteiger partial charge in [0.2, 0.25) is 0 Å². The Hall–Kier alpha value is -2.78. The molecular formula is C29H34N2O. The molecule has 3 aromatic rings. The fraction of sp³-hybridized carbons (Fsp3) is 0.379. The third-order valence-electron chi connectivity index (χ3n) is 7.72. The van der Waals surface area contributed by atoms with E-state index in [-0.39, 0.29) is 5.41 Å². The molecule has 3 aromatic carbocycles. The molecule has 2 fully saturated rings. The minimum atomic E-state index is 0.146. The average Bonchev–Trinajstić information content (AvgIpc) is 2.84. The molecular weight excluding hydrogens is 392 g/mol. The summed E-state index contributed by atoms with van der Waals surface area (Å²) in [6, 6.07) is 30.7. The molecule has 0 aliphatic carbocycles. The Balaban J connectivity index is 1.32. The molecule has 0 radical (unpaired) electrons. The summed E-state index contributed by atoms with van der Waals surface area (Å²) in [6.45, 7) is 10.0. The maximum absolute atomic E-state index is 6.17. The van der Waals surface area contributed by atoms with Gasteiger partial charge in [-0.2, -0.15) is 0 Å².